The minimum atomic E-state index is 0.210. The molecule has 0 aliphatic carbocycles. The number of carbonyl (C=O) groups excluding carboxylic acids is 1. The van der Waals surface area contributed by atoms with Gasteiger partial charge >= 0.3 is 0 Å². The summed E-state index contributed by atoms with van der Waals surface area (Å²) in [6.45, 7) is 5.68. The van der Waals surface area contributed by atoms with Crippen molar-refractivity contribution in [3.05, 3.63) is 0 Å². The van der Waals surface area contributed by atoms with Crippen molar-refractivity contribution in [1.82, 2.24) is 9.99 Å². The topological polar surface area (TPSA) is 32.3 Å². The van der Waals surface area contributed by atoms with Crippen LogP contribution in [0.15, 0.2) is 0 Å². The van der Waals surface area contributed by atoms with Gasteiger partial charge in [0.2, 0.25) is 5.91 Å². The predicted molar refractivity (Wildman–Crippen MR) is 52.7 cm³/mol. The molecule has 12 heavy (non-hydrogen) atoms. The first-order valence-electron chi connectivity index (χ1n) is 4.39. The molecule has 1 heterocycles. The molecule has 0 bridgehead atoms. The van der Waals surface area contributed by atoms with Crippen LogP contribution in [-0.4, -0.2) is 29.9 Å². The van der Waals surface area contributed by atoms with Crippen LogP contribution in [0.2, 0.25) is 0 Å². The maximum absolute atomic E-state index is 11.5. The summed E-state index contributed by atoms with van der Waals surface area (Å²) < 4.78 is 0. The second kappa shape index (κ2) is 4.20. The Morgan fingerprint density at radius 1 is 1.67 bits per heavy atom. The predicted octanol–water partition coefficient (Wildman–Crippen LogP) is 0.623. The van der Waals surface area contributed by atoms with Gasteiger partial charge in [-0.15, -0.1) is 0 Å². The molecule has 0 saturated carbocycles. The summed E-state index contributed by atoms with van der Waals surface area (Å²) in [6, 6.07) is 0.413. The fraction of sp³-hybridized carbons (Fsp3) is 0.875. The number of hydrogen-bond acceptors (Lipinski definition) is 2. The fourth-order valence-corrected chi connectivity index (χ4v) is 1.81. The van der Waals surface area contributed by atoms with Gasteiger partial charge in [0.15, 0.2) is 0 Å². The van der Waals surface area contributed by atoms with Crippen molar-refractivity contribution in [3.63, 3.8) is 0 Å². The second-order valence-corrected chi connectivity index (χ2v) is 3.88. The minimum Gasteiger partial charge on any atom is -0.339 e. The van der Waals surface area contributed by atoms with E-state index in [0.717, 1.165) is 13.0 Å². The van der Waals surface area contributed by atoms with Crippen molar-refractivity contribution in [3.8, 4) is 0 Å². The molecule has 4 heteroatoms. The molecule has 1 rings (SSSR count). The summed E-state index contributed by atoms with van der Waals surface area (Å²) in [5.74, 6) is 0.861. The van der Waals surface area contributed by atoms with Gasteiger partial charge in [-0.1, -0.05) is 16.3 Å². The Balaban J connectivity index is 2.47. The zero-order chi connectivity index (χ0) is 9.14. The van der Waals surface area contributed by atoms with Crippen molar-refractivity contribution in [1.29, 1.82) is 0 Å². The SMILES string of the molecule is CC1CCN(C(=O)CNP)C1C. The number of nitrogens with zero attached hydrogens (tertiary/aromatic N) is 1. The highest BCUT2D eigenvalue weighted by atomic mass is 31.0. The molecule has 0 aromatic carbocycles. The molecule has 1 fully saturated rings. The van der Waals surface area contributed by atoms with Gasteiger partial charge < -0.3 is 4.90 Å². The van der Waals surface area contributed by atoms with E-state index < -0.39 is 0 Å². The summed E-state index contributed by atoms with van der Waals surface area (Å²) in [6.07, 6.45) is 1.14. The summed E-state index contributed by atoms with van der Waals surface area (Å²) >= 11 is 0. The lowest BCUT2D eigenvalue weighted by Gasteiger charge is -2.23. The summed E-state index contributed by atoms with van der Waals surface area (Å²) in [5, 5.41) is 2.81. The lowest BCUT2D eigenvalue weighted by atomic mass is 10.1. The number of hydrogen-bond donors (Lipinski definition) is 1. The molecule has 0 aromatic rings. The standard InChI is InChI=1S/C8H17N2OP/c1-6-3-4-10(7(6)2)8(11)5-9-12/h6-7,9H,3-5,12H2,1-2H3. The molecule has 3 atom stereocenters. The Kier molecular flexibility index (Phi) is 3.48. The van der Waals surface area contributed by atoms with Gasteiger partial charge in [0.1, 0.15) is 0 Å². The zero-order valence-electron chi connectivity index (χ0n) is 7.71. The first-order chi connectivity index (χ1) is 5.66. The monoisotopic (exact) mass is 188 g/mol. The van der Waals surface area contributed by atoms with Gasteiger partial charge in [0.05, 0.1) is 6.54 Å². The van der Waals surface area contributed by atoms with Crippen LogP contribution in [0.3, 0.4) is 0 Å². The first-order valence-corrected chi connectivity index (χ1v) is 4.97. The van der Waals surface area contributed by atoms with Gasteiger partial charge in [0.25, 0.3) is 0 Å². The van der Waals surface area contributed by atoms with E-state index in [1.165, 1.54) is 0 Å². The van der Waals surface area contributed by atoms with Gasteiger partial charge in [0, 0.05) is 12.6 Å². The molecule has 0 radical (unpaired) electrons. The van der Waals surface area contributed by atoms with Gasteiger partial charge in [-0.25, -0.2) is 0 Å². The van der Waals surface area contributed by atoms with Crippen LogP contribution < -0.4 is 5.09 Å². The molecule has 1 aliphatic heterocycles. The number of likely N-dealkylation sites (tertiary alicyclic amines) is 1. The molecule has 3 unspecified atom stereocenters. The Morgan fingerprint density at radius 3 is 2.75 bits per heavy atom. The van der Waals surface area contributed by atoms with Crippen molar-refractivity contribution in [2.45, 2.75) is 26.3 Å². The normalized spacial score (nSPS) is 29.4. The van der Waals surface area contributed by atoms with Crippen molar-refractivity contribution in [2.75, 3.05) is 13.1 Å². The summed E-state index contributed by atoms with van der Waals surface area (Å²) in [4.78, 5) is 13.4. The van der Waals surface area contributed by atoms with Crippen LogP contribution in [0.4, 0.5) is 0 Å². The van der Waals surface area contributed by atoms with Crippen LogP contribution in [0, 0.1) is 5.92 Å². The van der Waals surface area contributed by atoms with Crippen LogP contribution in [0.1, 0.15) is 20.3 Å². The molecule has 0 aromatic heterocycles. The highest BCUT2D eigenvalue weighted by molar-refractivity contribution is 7.13. The van der Waals surface area contributed by atoms with Crippen molar-refractivity contribution in [2.24, 2.45) is 5.92 Å². The number of nitrogens with one attached hydrogen (secondary N) is 1. The number of carbonyl (C=O) groups is 1. The third kappa shape index (κ3) is 1.96. The van der Waals surface area contributed by atoms with E-state index in [2.05, 4.69) is 28.3 Å². The maximum atomic E-state index is 11.5. The molecule has 0 spiro atoms. The lowest BCUT2D eigenvalue weighted by Crippen LogP contribution is -2.39. The highest BCUT2D eigenvalue weighted by Gasteiger charge is 2.29. The summed E-state index contributed by atoms with van der Waals surface area (Å²) in [5.41, 5.74) is 0. The fourth-order valence-electron chi connectivity index (χ4n) is 1.64. The Bertz CT molecular complexity index is 174. The third-order valence-corrected chi connectivity index (χ3v) is 2.92. The molecule has 1 saturated heterocycles. The first kappa shape index (κ1) is 9.94. The second-order valence-electron chi connectivity index (χ2n) is 3.47. The van der Waals surface area contributed by atoms with Crippen LogP contribution >= 0.6 is 9.39 Å². The van der Waals surface area contributed by atoms with E-state index in [0.29, 0.717) is 18.5 Å². The molecule has 1 aliphatic rings. The van der Waals surface area contributed by atoms with Gasteiger partial charge in [-0.05, 0) is 19.3 Å². The lowest BCUT2D eigenvalue weighted by molar-refractivity contribution is -0.130. The Hall–Kier alpha value is -0.140. The van der Waals surface area contributed by atoms with E-state index >= 15 is 0 Å². The van der Waals surface area contributed by atoms with Crippen LogP contribution in [-0.2, 0) is 4.79 Å². The van der Waals surface area contributed by atoms with Crippen LogP contribution in [0.25, 0.3) is 0 Å². The van der Waals surface area contributed by atoms with Gasteiger partial charge in [-0.2, -0.15) is 0 Å². The average Bonchev–Trinajstić information content (AvgIpc) is 2.34. The Labute approximate surface area is 76.1 Å². The quantitative estimate of drug-likeness (QED) is 0.644. The van der Waals surface area contributed by atoms with Crippen molar-refractivity contribution >= 4 is 15.3 Å². The maximum Gasteiger partial charge on any atom is 0.237 e. The van der Waals surface area contributed by atoms with Crippen molar-refractivity contribution < 1.29 is 4.79 Å². The molecule has 1 N–H and O–H groups in total. The largest absolute Gasteiger partial charge is 0.339 e. The van der Waals surface area contributed by atoms with E-state index in [1.807, 2.05) is 4.90 Å². The van der Waals surface area contributed by atoms with E-state index in [4.69, 9.17) is 0 Å². The van der Waals surface area contributed by atoms with E-state index in [9.17, 15) is 4.79 Å². The number of amides is 1. The third-order valence-electron chi connectivity index (χ3n) is 2.71. The Morgan fingerprint density at radius 2 is 2.33 bits per heavy atom. The molecule has 1 amide bonds. The van der Waals surface area contributed by atoms with Gasteiger partial charge in [-0.3, -0.25) is 9.88 Å². The smallest absolute Gasteiger partial charge is 0.237 e. The molecular weight excluding hydrogens is 171 g/mol. The molecule has 70 valence electrons. The minimum absolute atomic E-state index is 0.210. The van der Waals surface area contributed by atoms with E-state index in [1.54, 1.807) is 0 Å². The number of rotatable bonds is 2. The molecule has 3 nitrogen and oxygen atoms in total. The van der Waals surface area contributed by atoms with E-state index in [-0.39, 0.29) is 5.91 Å². The molecular formula is C8H17N2OP. The zero-order valence-corrected chi connectivity index (χ0v) is 8.86. The highest BCUT2D eigenvalue weighted by Crippen LogP contribution is 2.22. The summed E-state index contributed by atoms with van der Waals surface area (Å²) in [7, 11) is 2.35. The van der Waals surface area contributed by atoms with Crippen LogP contribution in [0.5, 0.6) is 0 Å². The average molecular weight is 188 g/mol.